The molecule has 0 aromatic carbocycles. The van der Waals surface area contributed by atoms with Crippen LogP contribution in [0.5, 0.6) is 0 Å². The summed E-state index contributed by atoms with van der Waals surface area (Å²) in [5.74, 6) is 1.88. The average molecular weight is 258 g/mol. The third-order valence-electron chi connectivity index (χ3n) is 3.34. The van der Waals surface area contributed by atoms with Crippen LogP contribution in [0.15, 0.2) is 0 Å². The van der Waals surface area contributed by atoms with Crippen molar-refractivity contribution in [2.45, 2.75) is 44.2 Å². The van der Waals surface area contributed by atoms with Crippen molar-refractivity contribution in [2.75, 3.05) is 24.8 Å². The van der Waals surface area contributed by atoms with E-state index in [2.05, 4.69) is 10.6 Å². The Balaban J connectivity index is 1.51. The molecule has 1 saturated heterocycles. The van der Waals surface area contributed by atoms with Crippen molar-refractivity contribution in [1.82, 2.24) is 10.6 Å². The highest BCUT2D eigenvalue weighted by Crippen LogP contribution is 2.19. The highest BCUT2D eigenvalue weighted by atomic mass is 32.2. The quantitative estimate of drug-likeness (QED) is 0.726. The molecule has 1 aliphatic heterocycles. The third-order valence-corrected chi connectivity index (χ3v) is 4.28. The monoisotopic (exact) mass is 258 g/mol. The Labute approximate surface area is 107 Å². The zero-order valence-electron chi connectivity index (χ0n) is 10.2. The number of carbonyl (C=O) groups is 1. The zero-order valence-corrected chi connectivity index (χ0v) is 11.1. The lowest BCUT2D eigenvalue weighted by Crippen LogP contribution is -2.43. The van der Waals surface area contributed by atoms with Crippen LogP contribution in [-0.2, 0) is 9.53 Å². The number of carbonyl (C=O) groups excluding carboxylic acids is 1. The Kier molecular flexibility index (Phi) is 5.61. The molecular formula is C12H22N2O2S. The van der Waals surface area contributed by atoms with E-state index in [0.717, 1.165) is 11.6 Å². The van der Waals surface area contributed by atoms with Gasteiger partial charge in [0.15, 0.2) is 0 Å². The number of hydrogen-bond acceptors (Lipinski definition) is 4. The fourth-order valence-corrected chi connectivity index (χ4v) is 3.26. The van der Waals surface area contributed by atoms with Crippen molar-refractivity contribution in [3.8, 4) is 0 Å². The van der Waals surface area contributed by atoms with Crippen molar-refractivity contribution >= 4 is 17.7 Å². The highest BCUT2D eigenvalue weighted by Gasteiger charge is 2.21. The lowest BCUT2D eigenvalue weighted by atomic mass is 9.98. The second-order valence-corrected chi connectivity index (χ2v) is 5.72. The van der Waals surface area contributed by atoms with E-state index in [0.29, 0.717) is 19.3 Å². The lowest BCUT2D eigenvalue weighted by molar-refractivity contribution is -0.122. The van der Waals surface area contributed by atoms with Gasteiger partial charge in [0.25, 0.3) is 0 Å². The fraction of sp³-hybridized carbons (Fsp3) is 0.917. The van der Waals surface area contributed by atoms with Crippen LogP contribution in [0.1, 0.15) is 32.1 Å². The molecule has 2 aliphatic rings. The van der Waals surface area contributed by atoms with Crippen LogP contribution < -0.4 is 10.6 Å². The van der Waals surface area contributed by atoms with E-state index in [4.69, 9.17) is 4.74 Å². The van der Waals surface area contributed by atoms with Gasteiger partial charge >= 0.3 is 0 Å². The summed E-state index contributed by atoms with van der Waals surface area (Å²) in [5, 5.41) is 6.08. The fourth-order valence-electron chi connectivity index (χ4n) is 2.32. The van der Waals surface area contributed by atoms with E-state index < -0.39 is 0 Å². The van der Waals surface area contributed by atoms with Gasteiger partial charge in [-0.25, -0.2) is 0 Å². The predicted octanol–water partition coefficient (Wildman–Crippen LogP) is 1.11. The van der Waals surface area contributed by atoms with Gasteiger partial charge in [0, 0.05) is 18.2 Å². The summed E-state index contributed by atoms with van der Waals surface area (Å²) >= 11 is 1.77. The molecule has 1 saturated carbocycles. The summed E-state index contributed by atoms with van der Waals surface area (Å²) < 4.78 is 5.76. The first-order chi connectivity index (χ1) is 8.36. The van der Waals surface area contributed by atoms with Crippen molar-refractivity contribution in [1.29, 1.82) is 0 Å². The van der Waals surface area contributed by atoms with Gasteiger partial charge in [-0.05, 0) is 12.8 Å². The van der Waals surface area contributed by atoms with Gasteiger partial charge in [0.1, 0.15) is 0 Å². The molecule has 0 radical (unpaired) electrons. The van der Waals surface area contributed by atoms with Crippen LogP contribution in [0.25, 0.3) is 0 Å². The van der Waals surface area contributed by atoms with Gasteiger partial charge in [-0.15, -0.1) is 11.8 Å². The van der Waals surface area contributed by atoms with Crippen molar-refractivity contribution in [2.24, 2.45) is 0 Å². The second kappa shape index (κ2) is 7.24. The molecule has 2 N–H and O–H groups in total. The van der Waals surface area contributed by atoms with E-state index in [1.807, 2.05) is 0 Å². The van der Waals surface area contributed by atoms with Gasteiger partial charge in [-0.1, -0.05) is 19.3 Å². The summed E-state index contributed by atoms with van der Waals surface area (Å²) in [6, 6.07) is -0.00493. The van der Waals surface area contributed by atoms with E-state index >= 15 is 0 Å². The van der Waals surface area contributed by atoms with Crippen molar-refractivity contribution in [3.05, 3.63) is 0 Å². The Bertz CT molecular complexity index is 239. The maximum atomic E-state index is 11.7. The summed E-state index contributed by atoms with van der Waals surface area (Å²) in [6.07, 6.45) is 6.74. The maximum absolute atomic E-state index is 11.7. The van der Waals surface area contributed by atoms with Crippen LogP contribution in [0.3, 0.4) is 0 Å². The molecule has 17 heavy (non-hydrogen) atoms. The molecule has 1 atom stereocenters. The first kappa shape index (κ1) is 13.2. The Morgan fingerprint density at radius 1 is 1.35 bits per heavy atom. The number of rotatable bonds is 5. The van der Waals surface area contributed by atoms with Crippen LogP contribution in [0.2, 0.25) is 0 Å². The Morgan fingerprint density at radius 2 is 2.18 bits per heavy atom. The highest BCUT2D eigenvalue weighted by molar-refractivity contribution is 7.99. The molecular weight excluding hydrogens is 236 g/mol. The molecule has 4 nitrogen and oxygen atoms in total. The predicted molar refractivity (Wildman–Crippen MR) is 70.1 cm³/mol. The molecule has 5 heteroatoms. The van der Waals surface area contributed by atoms with Crippen LogP contribution in [0.4, 0.5) is 0 Å². The summed E-state index contributed by atoms with van der Waals surface area (Å²) in [6.45, 7) is 1.29. The zero-order chi connectivity index (χ0) is 11.9. The second-order valence-electron chi connectivity index (χ2n) is 4.69. The molecule has 1 heterocycles. The van der Waals surface area contributed by atoms with Crippen molar-refractivity contribution < 1.29 is 9.53 Å². The lowest BCUT2D eigenvalue weighted by Gasteiger charge is -2.22. The number of thioether (sulfide) groups is 1. The van der Waals surface area contributed by atoms with Gasteiger partial charge in [-0.2, -0.15) is 0 Å². The number of ether oxygens (including phenoxy) is 1. The van der Waals surface area contributed by atoms with Gasteiger partial charge in [0.05, 0.1) is 18.8 Å². The van der Waals surface area contributed by atoms with Crippen LogP contribution in [-0.4, -0.2) is 42.8 Å². The molecule has 1 amide bonds. The van der Waals surface area contributed by atoms with E-state index in [1.54, 1.807) is 11.8 Å². The third kappa shape index (κ3) is 4.48. The number of nitrogens with one attached hydrogen (secondary N) is 2. The van der Waals surface area contributed by atoms with Gasteiger partial charge in [-0.3, -0.25) is 10.1 Å². The average Bonchev–Trinajstić information content (AvgIpc) is 2.89. The number of hydrogen-bond donors (Lipinski definition) is 2. The van der Waals surface area contributed by atoms with Crippen LogP contribution in [0, 0.1) is 0 Å². The summed E-state index contributed by atoms with van der Waals surface area (Å²) in [7, 11) is 0. The first-order valence-electron chi connectivity index (χ1n) is 6.57. The largest absolute Gasteiger partial charge is 0.376 e. The molecule has 0 aromatic heterocycles. The summed E-state index contributed by atoms with van der Waals surface area (Å²) in [4.78, 5) is 11.7. The first-order valence-corrected chi connectivity index (χ1v) is 7.72. The topological polar surface area (TPSA) is 50.4 Å². The maximum Gasteiger partial charge on any atom is 0.238 e. The molecule has 0 aromatic rings. The Hall–Kier alpha value is -0.260. The number of amides is 1. The normalized spacial score (nSPS) is 26.0. The van der Waals surface area contributed by atoms with Crippen molar-refractivity contribution in [3.63, 3.8) is 0 Å². The molecule has 0 spiro atoms. The van der Waals surface area contributed by atoms with E-state index in [-0.39, 0.29) is 11.9 Å². The minimum absolute atomic E-state index is 0.00493. The molecule has 0 bridgehead atoms. The molecule has 98 valence electrons. The Morgan fingerprint density at radius 3 is 2.88 bits per heavy atom. The molecule has 2 fully saturated rings. The standard InChI is InChI=1S/C12H22N2O2S/c15-12(11-8-17-9-14-11)13-6-7-16-10-4-2-1-3-5-10/h10-11,14H,1-9H2,(H,13,15). The molecule has 1 aliphatic carbocycles. The van der Waals surface area contributed by atoms with E-state index in [1.165, 1.54) is 32.1 Å². The minimum atomic E-state index is -0.00493. The SMILES string of the molecule is O=C(NCCOC1CCCCC1)C1CSCN1. The minimum Gasteiger partial charge on any atom is -0.376 e. The van der Waals surface area contributed by atoms with Crippen LogP contribution >= 0.6 is 11.8 Å². The molecule has 2 rings (SSSR count). The molecule has 1 unspecified atom stereocenters. The van der Waals surface area contributed by atoms with Gasteiger partial charge < -0.3 is 10.1 Å². The summed E-state index contributed by atoms with van der Waals surface area (Å²) in [5.41, 5.74) is 0. The smallest absolute Gasteiger partial charge is 0.238 e. The van der Waals surface area contributed by atoms with Gasteiger partial charge in [0.2, 0.25) is 5.91 Å². The van der Waals surface area contributed by atoms with E-state index in [9.17, 15) is 4.79 Å².